The molecule has 2 heteroatoms. The van der Waals surface area contributed by atoms with E-state index in [2.05, 4.69) is 27.7 Å². The number of aromatic hydroxyl groups is 1. The highest BCUT2D eigenvalue weighted by Gasteiger charge is 2.44. The van der Waals surface area contributed by atoms with E-state index >= 15 is 0 Å². The Bertz CT molecular complexity index is 452. The summed E-state index contributed by atoms with van der Waals surface area (Å²) in [5.41, 5.74) is 1.13. The van der Waals surface area contributed by atoms with Gasteiger partial charge in [-0.1, -0.05) is 44.9 Å². The molecule has 1 aromatic rings. The Hall–Kier alpha value is -1.02. The molecular formula is C18H28O2. The number of hydrogen-bond acceptors (Lipinski definition) is 2. The molecule has 2 atom stereocenters. The van der Waals surface area contributed by atoms with Crippen LogP contribution in [0.5, 0.6) is 5.75 Å². The fourth-order valence-corrected chi connectivity index (χ4v) is 3.33. The van der Waals surface area contributed by atoms with Crippen LogP contribution in [0.3, 0.4) is 0 Å². The number of phenols is 1. The van der Waals surface area contributed by atoms with Crippen molar-refractivity contribution in [1.82, 2.24) is 0 Å². The van der Waals surface area contributed by atoms with Crippen LogP contribution in [0.2, 0.25) is 0 Å². The predicted octanol–water partition coefficient (Wildman–Crippen LogP) is 4.70. The first-order valence-electron chi connectivity index (χ1n) is 7.79. The van der Waals surface area contributed by atoms with Crippen LogP contribution < -0.4 is 0 Å². The molecule has 0 radical (unpaired) electrons. The van der Waals surface area contributed by atoms with Crippen molar-refractivity contribution < 1.29 is 9.84 Å². The van der Waals surface area contributed by atoms with E-state index in [0.29, 0.717) is 5.75 Å². The fraction of sp³-hybridized carbons (Fsp3) is 0.667. The average Bonchev–Trinajstić information content (AvgIpc) is 2.36. The zero-order valence-corrected chi connectivity index (χ0v) is 13.3. The average molecular weight is 276 g/mol. The standard InChI is InChI=1S/C18H28O2/c1-14(13-15-9-5-6-10-16(15)19)20-18(4)12-8-7-11-17(18,2)3/h5-6,9-10,14,19H,7-8,11-13H2,1-4H3. The number of ether oxygens (including phenoxy) is 1. The predicted molar refractivity (Wildman–Crippen MR) is 83.0 cm³/mol. The van der Waals surface area contributed by atoms with Gasteiger partial charge in [0.2, 0.25) is 0 Å². The van der Waals surface area contributed by atoms with Crippen LogP contribution in [0.4, 0.5) is 0 Å². The highest BCUT2D eigenvalue weighted by molar-refractivity contribution is 5.32. The molecule has 0 bridgehead atoms. The molecule has 1 fully saturated rings. The lowest BCUT2D eigenvalue weighted by atomic mass is 9.66. The van der Waals surface area contributed by atoms with E-state index in [-0.39, 0.29) is 17.1 Å². The molecule has 1 aliphatic carbocycles. The van der Waals surface area contributed by atoms with Crippen LogP contribution in [0.25, 0.3) is 0 Å². The third-order valence-electron chi connectivity index (χ3n) is 5.10. The Morgan fingerprint density at radius 3 is 2.45 bits per heavy atom. The molecule has 0 aromatic heterocycles. The van der Waals surface area contributed by atoms with Crippen LogP contribution in [-0.2, 0) is 11.2 Å². The summed E-state index contributed by atoms with van der Waals surface area (Å²) in [5.74, 6) is 0.371. The molecule has 0 spiro atoms. The molecular weight excluding hydrogens is 248 g/mol. The van der Waals surface area contributed by atoms with Gasteiger partial charge in [-0.2, -0.15) is 0 Å². The first-order valence-corrected chi connectivity index (χ1v) is 7.79. The maximum Gasteiger partial charge on any atom is 0.118 e. The number of rotatable bonds is 4. The van der Waals surface area contributed by atoms with Gasteiger partial charge in [0.1, 0.15) is 5.75 Å². The van der Waals surface area contributed by atoms with Gasteiger partial charge in [-0.25, -0.2) is 0 Å². The van der Waals surface area contributed by atoms with Crippen molar-refractivity contribution in [2.45, 2.75) is 71.5 Å². The second-order valence-electron chi connectivity index (χ2n) is 7.08. The Balaban J connectivity index is 2.04. The highest BCUT2D eigenvalue weighted by atomic mass is 16.5. The van der Waals surface area contributed by atoms with Gasteiger partial charge in [0.05, 0.1) is 11.7 Å². The Morgan fingerprint density at radius 2 is 1.80 bits per heavy atom. The number of para-hydroxylation sites is 1. The lowest BCUT2D eigenvalue weighted by molar-refractivity contribution is -0.161. The Labute approximate surface area is 123 Å². The van der Waals surface area contributed by atoms with E-state index in [1.807, 2.05) is 18.2 Å². The SMILES string of the molecule is CC(Cc1ccccc1O)OC1(C)CCCCC1(C)C. The zero-order chi connectivity index (χ0) is 14.8. The maximum absolute atomic E-state index is 9.88. The van der Waals surface area contributed by atoms with E-state index < -0.39 is 0 Å². The summed E-state index contributed by atoms with van der Waals surface area (Å²) in [5, 5.41) is 9.88. The normalized spacial score (nSPS) is 27.2. The number of phenolic OH excluding ortho intramolecular Hbond substituents is 1. The molecule has 0 aliphatic heterocycles. The fourth-order valence-electron chi connectivity index (χ4n) is 3.33. The van der Waals surface area contributed by atoms with Crippen LogP contribution in [0.1, 0.15) is 58.9 Å². The summed E-state index contributed by atoms with van der Waals surface area (Å²) in [6.07, 6.45) is 5.80. The van der Waals surface area contributed by atoms with Crippen LogP contribution in [-0.4, -0.2) is 16.8 Å². The van der Waals surface area contributed by atoms with E-state index in [1.54, 1.807) is 6.07 Å². The molecule has 2 nitrogen and oxygen atoms in total. The molecule has 112 valence electrons. The van der Waals surface area contributed by atoms with Crippen molar-refractivity contribution in [2.24, 2.45) is 5.41 Å². The molecule has 1 saturated carbocycles. The molecule has 2 rings (SSSR count). The molecule has 1 aromatic carbocycles. The Kier molecular flexibility index (Phi) is 4.43. The summed E-state index contributed by atoms with van der Waals surface area (Å²) in [7, 11) is 0. The first-order chi connectivity index (χ1) is 9.34. The maximum atomic E-state index is 9.88. The smallest absolute Gasteiger partial charge is 0.118 e. The number of benzene rings is 1. The molecule has 2 unspecified atom stereocenters. The molecule has 1 N–H and O–H groups in total. The van der Waals surface area contributed by atoms with Gasteiger partial charge in [-0.3, -0.25) is 0 Å². The Morgan fingerprint density at radius 1 is 1.15 bits per heavy atom. The quantitative estimate of drug-likeness (QED) is 0.863. The minimum absolute atomic E-state index is 0.0605. The first kappa shape index (κ1) is 15.4. The van der Waals surface area contributed by atoms with Gasteiger partial charge in [0.15, 0.2) is 0 Å². The van der Waals surface area contributed by atoms with Crippen LogP contribution in [0.15, 0.2) is 24.3 Å². The summed E-state index contributed by atoms with van der Waals surface area (Å²) < 4.78 is 6.44. The minimum Gasteiger partial charge on any atom is -0.508 e. The van der Waals surface area contributed by atoms with Gasteiger partial charge in [0.25, 0.3) is 0 Å². The third kappa shape index (κ3) is 3.17. The lowest BCUT2D eigenvalue weighted by Gasteiger charge is -2.49. The van der Waals surface area contributed by atoms with Crippen molar-refractivity contribution in [3.05, 3.63) is 29.8 Å². The van der Waals surface area contributed by atoms with Gasteiger partial charge >= 0.3 is 0 Å². The van der Waals surface area contributed by atoms with Gasteiger partial charge in [0, 0.05) is 6.42 Å². The molecule has 0 heterocycles. The van der Waals surface area contributed by atoms with Gasteiger partial charge < -0.3 is 9.84 Å². The molecule has 1 aliphatic rings. The second kappa shape index (κ2) is 5.77. The zero-order valence-electron chi connectivity index (χ0n) is 13.3. The summed E-state index contributed by atoms with van der Waals surface area (Å²) in [6, 6.07) is 7.54. The topological polar surface area (TPSA) is 29.5 Å². The van der Waals surface area contributed by atoms with Crippen molar-refractivity contribution in [3.8, 4) is 5.75 Å². The van der Waals surface area contributed by atoms with Gasteiger partial charge in [-0.15, -0.1) is 0 Å². The monoisotopic (exact) mass is 276 g/mol. The molecule has 0 saturated heterocycles. The molecule has 0 amide bonds. The summed E-state index contributed by atoms with van der Waals surface area (Å²) in [6.45, 7) is 9.01. The highest BCUT2D eigenvalue weighted by Crippen LogP contribution is 2.46. The summed E-state index contributed by atoms with van der Waals surface area (Å²) >= 11 is 0. The van der Waals surface area contributed by atoms with Crippen molar-refractivity contribution >= 4 is 0 Å². The van der Waals surface area contributed by atoms with E-state index in [9.17, 15) is 5.11 Å². The third-order valence-corrected chi connectivity index (χ3v) is 5.10. The van der Waals surface area contributed by atoms with E-state index in [0.717, 1.165) is 18.4 Å². The van der Waals surface area contributed by atoms with Crippen LogP contribution >= 0.6 is 0 Å². The van der Waals surface area contributed by atoms with Crippen LogP contribution in [0, 0.1) is 5.41 Å². The van der Waals surface area contributed by atoms with Gasteiger partial charge in [-0.05, 0) is 43.7 Å². The van der Waals surface area contributed by atoms with Crippen molar-refractivity contribution in [3.63, 3.8) is 0 Å². The van der Waals surface area contributed by atoms with E-state index in [1.165, 1.54) is 19.3 Å². The second-order valence-corrected chi connectivity index (χ2v) is 7.08. The van der Waals surface area contributed by atoms with Crippen molar-refractivity contribution in [2.75, 3.05) is 0 Å². The molecule has 20 heavy (non-hydrogen) atoms. The minimum atomic E-state index is -0.0605. The largest absolute Gasteiger partial charge is 0.508 e. The van der Waals surface area contributed by atoms with E-state index in [4.69, 9.17) is 4.74 Å². The van der Waals surface area contributed by atoms with Crippen molar-refractivity contribution in [1.29, 1.82) is 0 Å². The summed E-state index contributed by atoms with van der Waals surface area (Å²) in [4.78, 5) is 0. The number of hydrogen-bond donors (Lipinski definition) is 1. The lowest BCUT2D eigenvalue weighted by Crippen LogP contribution is -2.48.